The Hall–Kier alpha value is -1.59. The Balaban J connectivity index is 2.11. The topological polar surface area (TPSA) is 44.5 Å². The zero-order chi connectivity index (χ0) is 17.0. The fourth-order valence-corrected chi connectivity index (χ4v) is 1.93. The van der Waals surface area contributed by atoms with E-state index in [1.54, 1.807) is 6.07 Å². The first kappa shape index (κ1) is 10.2. The number of nitrogens with zero attached hydrogens (tertiary/aromatic N) is 1. The van der Waals surface area contributed by atoms with Crippen molar-refractivity contribution in [2.45, 2.75) is 38.9 Å². The van der Waals surface area contributed by atoms with Gasteiger partial charge < -0.3 is 13.7 Å². The Kier molecular flexibility index (Phi) is 2.27. The number of hydrogen-bond acceptors (Lipinski definition) is 4. The van der Waals surface area contributed by atoms with Gasteiger partial charge in [0.05, 0.1) is 39.1 Å². The molecule has 0 unspecified atom stereocenters. The summed E-state index contributed by atoms with van der Waals surface area (Å²) in [5.74, 6) is 0. The minimum Gasteiger partial charge on any atom is -0.472 e. The highest BCUT2D eigenvalue weighted by Gasteiger charge is 2.52. The number of pyridine rings is 1. The van der Waals surface area contributed by atoms with E-state index in [-0.39, 0.29) is 29.4 Å². The predicted molar refractivity (Wildman–Crippen MR) is 77.7 cm³/mol. The highest BCUT2D eigenvalue weighted by atomic mass is 16.7. The monoisotopic (exact) mass is 274 g/mol. The van der Waals surface area contributed by atoms with Gasteiger partial charge in [0, 0.05) is 5.56 Å². The lowest BCUT2D eigenvalue weighted by Crippen LogP contribution is -2.41. The molecule has 5 heteroatoms. The molecule has 0 bridgehead atoms. The minimum atomic E-state index is -0.845. The van der Waals surface area contributed by atoms with Crippen molar-refractivity contribution in [2.24, 2.45) is 0 Å². The van der Waals surface area contributed by atoms with E-state index in [4.69, 9.17) is 17.8 Å². The summed E-state index contributed by atoms with van der Waals surface area (Å²) in [6.07, 6.45) is 2.93. The maximum atomic E-state index is 8.13. The molecule has 1 saturated heterocycles. The molecular weight excluding hydrogens is 253 g/mol. The molecule has 2 aromatic heterocycles. The van der Waals surface area contributed by atoms with Crippen LogP contribution in [-0.2, 0) is 9.31 Å². The molecular formula is C15H18BNO3. The van der Waals surface area contributed by atoms with Gasteiger partial charge in [0.2, 0.25) is 0 Å². The van der Waals surface area contributed by atoms with Crippen molar-refractivity contribution < 1.29 is 17.8 Å². The third-order valence-electron chi connectivity index (χ3n) is 3.87. The lowest BCUT2D eigenvalue weighted by molar-refractivity contribution is 0.00578. The molecule has 0 amide bonds. The van der Waals surface area contributed by atoms with Gasteiger partial charge in [0.25, 0.3) is 0 Å². The fourth-order valence-electron chi connectivity index (χ4n) is 1.93. The molecule has 0 saturated carbocycles. The lowest BCUT2D eigenvalue weighted by Gasteiger charge is -2.32. The molecule has 1 aliphatic heterocycles. The van der Waals surface area contributed by atoms with Crippen LogP contribution in [0.15, 0.2) is 41.1 Å². The second-order valence-electron chi connectivity index (χ2n) is 5.82. The Bertz CT molecular complexity index is 731. The van der Waals surface area contributed by atoms with Crippen LogP contribution in [0.4, 0.5) is 0 Å². The number of aromatic nitrogens is 1. The van der Waals surface area contributed by atoms with E-state index in [0.717, 1.165) is 0 Å². The normalized spacial score (nSPS) is 22.4. The first-order valence-corrected chi connectivity index (χ1v) is 6.50. The first-order chi connectivity index (χ1) is 10.6. The van der Waals surface area contributed by atoms with Gasteiger partial charge in [-0.05, 0) is 45.8 Å². The Morgan fingerprint density at radius 1 is 1.15 bits per heavy atom. The first-order valence-electron chi connectivity index (χ1n) is 8.00. The van der Waals surface area contributed by atoms with Gasteiger partial charge in [-0.15, -0.1) is 0 Å². The second-order valence-corrected chi connectivity index (χ2v) is 5.82. The minimum absolute atomic E-state index is 0.114. The number of rotatable bonds is 2. The molecule has 4 nitrogen and oxygen atoms in total. The molecule has 0 aromatic carbocycles. The van der Waals surface area contributed by atoms with E-state index in [0.29, 0.717) is 5.56 Å². The molecule has 0 radical (unpaired) electrons. The SMILES string of the molecule is [2H]c1c(B2OC(C)(C)C(C)(C)O2)nc(-c2ccoc2)c([2H])c1[2H]. The summed E-state index contributed by atoms with van der Waals surface area (Å²) in [6, 6.07) is 1.19. The van der Waals surface area contributed by atoms with Crippen LogP contribution in [0.2, 0.25) is 0 Å². The van der Waals surface area contributed by atoms with Crippen LogP contribution in [0.1, 0.15) is 31.8 Å². The standard InChI is InChI=1S/C15H18BNO3/c1-14(2)15(3,4)20-16(19-14)13-7-5-6-12(17-13)11-8-9-18-10-11/h5-10H,1-4H3/i5D,6D,7D. The van der Waals surface area contributed by atoms with Gasteiger partial charge in [0.15, 0.2) is 0 Å². The maximum absolute atomic E-state index is 8.13. The van der Waals surface area contributed by atoms with Crippen molar-refractivity contribution in [1.29, 1.82) is 0 Å². The molecule has 3 heterocycles. The molecule has 3 rings (SSSR count). The van der Waals surface area contributed by atoms with Crippen molar-refractivity contribution in [3.63, 3.8) is 0 Å². The van der Waals surface area contributed by atoms with Crippen LogP contribution in [0.5, 0.6) is 0 Å². The number of hydrogen-bond donors (Lipinski definition) is 0. The van der Waals surface area contributed by atoms with E-state index in [9.17, 15) is 0 Å². The molecule has 0 atom stereocenters. The van der Waals surface area contributed by atoms with Crippen molar-refractivity contribution in [1.82, 2.24) is 4.98 Å². The van der Waals surface area contributed by atoms with Crippen LogP contribution in [-0.4, -0.2) is 23.3 Å². The van der Waals surface area contributed by atoms with Gasteiger partial charge in [-0.1, -0.05) is 6.04 Å². The van der Waals surface area contributed by atoms with E-state index in [1.165, 1.54) is 12.5 Å². The second kappa shape index (κ2) is 4.47. The van der Waals surface area contributed by atoms with E-state index < -0.39 is 18.3 Å². The van der Waals surface area contributed by atoms with Gasteiger partial charge in [-0.3, -0.25) is 4.98 Å². The largest absolute Gasteiger partial charge is 0.514 e. The molecule has 1 aliphatic rings. The average Bonchev–Trinajstić information content (AvgIpc) is 3.04. The van der Waals surface area contributed by atoms with E-state index in [1.807, 2.05) is 27.7 Å². The molecule has 1 fully saturated rings. The van der Waals surface area contributed by atoms with Crippen LogP contribution in [0.3, 0.4) is 0 Å². The molecule has 0 aliphatic carbocycles. The molecule has 2 aromatic rings. The third kappa shape index (κ3) is 2.17. The van der Waals surface area contributed by atoms with Crippen molar-refractivity contribution in [3.05, 3.63) is 36.7 Å². The van der Waals surface area contributed by atoms with Crippen molar-refractivity contribution in [2.75, 3.05) is 0 Å². The highest BCUT2D eigenvalue weighted by molar-refractivity contribution is 6.61. The van der Waals surface area contributed by atoms with Crippen LogP contribution < -0.4 is 5.59 Å². The fraction of sp³-hybridized carbons (Fsp3) is 0.400. The summed E-state index contributed by atoms with van der Waals surface area (Å²) in [7, 11) is -0.845. The Morgan fingerprint density at radius 2 is 1.85 bits per heavy atom. The summed E-state index contributed by atoms with van der Waals surface area (Å²) in [6.45, 7) is 7.64. The predicted octanol–water partition coefficient (Wildman–Crippen LogP) is 2.64. The molecule has 20 heavy (non-hydrogen) atoms. The van der Waals surface area contributed by atoms with Crippen LogP contribution >= 0.6 is 0 Å². The number of furan rings is 1. The van der Waals surface area contributed by atoms with Crippen LogP contribution in [0.25, 0.3) is 11.3 Å². The van der Waals surface area contributed by atoms with Gasteiger partial charge in [-0.25, -0.2) is 0 Å². The molecule has 0 spiro atoms. The summed E-state index contributed by atoms with van der Waals surface area (Å²) >= 11 is 0. The maximum Gasteiger partial charge on any atom is 0.514 e. The Labute approximate surface area is 123 Å². The van der Waals surface area contributed by atoms with E-state index >= 15 is 0 Å². The highest BCUT2D eigenvalue weighted by Crippen LogP contribution is 2.36. The summed E-state index contributed by atoms with van der Waals surface area (Å²) in [5.41, 5.74) is -0.0566. The van der Waals surface area contributed by atoms with Crippen molar-refractivity contribution in [3.8, 4) is 11.3 Å². The van der Waals surface area contributed by atoms with Gasteiger partial charge in [0.1, 0.15) is 0 Å². The zero-order valence-corrected chi connectivity index (χ0v) is 12.0. The summed E-state index contributed by atoms with van der Waals surface area (Å²) in [5, 5.41) is 0. The van der Waals surface area contributed by atoms with Gasteiger partial charge in [-0.2, -0.15) is 0 Å². The lowest BCUT2D eigenvalue weighted by atomic mass is 9.84. The van der Waals surface area contributed by atoms with Gasteiger partial charge >= 0.3 is 7.12 Å². The summed E-state index contributed by atoms with van der Waals surface area (Å²) in [4.78, 5) is 4.38. The summed E-state index contributed by atoms with van der Waals surface area (Å²) < 4.78 is 41.1. The molecule has 0 N–H and O–H groups in total. The van der Waals surface area contributed by atoms with Crippen molar-refractivity contribution >= 4 is 12.7 Å². The smallest absolute Gasteiger partial charge is 0.472 e. The van der Waals surface area contributed by atoms with Crippen LogP contribution in [0, 0.1) is 0 Å². The Morgan fingerprint density at radius 3 is 2.45 bits per heavy atom. The van der Waals surface area contributed by atoms with E-state index in [2.05, 4.69) is 4.98 Å². The third-order valence-corrected chi connectivity index (χ3v) is 3.87. The zero-order valence-electron chi connectivity index (χ0n) is 15.0. The quantitative estimate of drug-likeness (QED) is 0.790. The molecule has 104 valence electrons. The average molecular weight is 274 g/mol.